The molecule has 0 bridgehead atoms. The zero-order valence-corrected chi connectivity index (χ0v) is 24.3. The van der Waals surface area contributed by atoms with E-state index >= 15 is 0 Å². The summed E-state index contributed by atoms with van der Waals surface area (Å²) in [7, 11) is 1.55. The molecule has 2 aliphatic heterocycles. The van der Waals surface area contributed by atoms with Crippen LogP contribution in [0.25, 0.3) is 16.7 Å². The Morgan fingerprint density at radius 2 is 1.95 bits per heavy atom. The lowest BCUT2D eigenvalue weighted by Gasteiger charge is -2.39. The van der Waals surface area contributed by atoms with Crippen molar-refractivity contribution in [3.63, 3.8) is 0 Å². The normalized spacial score (nSPS) is 22.0. The Morgan fingerprint density at radius 3 is 2.65 bits per heavy atom. The van der Waals surface area contributed by atoms with Crippen molar-refractivity contribution in [3.8, 4) is 11.8 Å². The summed E-state index contributed by atoms with van der Waals surface area (Å²) < 4.78 is 18.5. The quantitative estimate of drug-likeness (QED) is 0.504. The number of piperidine rings is 1. The molecule has 2 aliphatic rings. The summed E-state index contributed by atoms with van der Waals surface area (Å²) in [6.45, 7) is 12.2. The van der Waals surface area contributed by atoms with E-state index < -0.39 is 5.60 Å². The topological polar surface area (TPSA) is 115 Å². The number of amides is 1. The molecule has 0 aliphatic carbocycles. The summed E-state index contributed by atoms with van der Waals surface area (Å²) in [4.78, 5) is 25.8. The second-order valence-corrected chi connectivity index (χ2v) is 11.8. The van der Waals surface area contributed by atoms with Gasteiger partial charge in [0.15, 0.2) is 5.82 Å². The van der Waals surface area contributed by atoms with Gasteiger partial charge in [-0.05, 0) is 76.6 Å². The number of aromatic nitrogens is 4. The minimum absolute atomic E-state index is 0.0488. The molecule has 0 spiro atoms. The maximum absolute atomic E-state index is 12.8. The number of aliphatic hydroxyl groups excluding tert-OH is 1. The average molecular weight is 553 g/mol. The molecule has 1 amide bonds. The van der Waals surface area contributed by atoms with Crippen LogP contribution >= 0.6 is 0 Å². The first-order valence-electron chi connectivity index (χ1n) is 13.9. The van der Waals surface area contributed by atoms with E-state index in [-0.39, 0.29) is 30.9 Å². The monoisotopic (exact) mass is 552 g/mol. The minimum atomic E-state index is -0.514. The number of hydrogen-bond donors (Lipinski definition) is 1. The van der Waals surface area contributed by atoms with Crippen LogP contribution in [0, 0.1) is 6.92 Å². The molecule has 2 unspecified atom stereocenters. The van der Waals surface area contributed by atoms with Gasteiger partial charge in [0.25, 0.3) is 0 Å². The fourth-order valence-corrected chi connectivity index (χ4v) is 5.67. The van der Waals surface area contributed by atoms with E-state index in [4.69, 9.17) is 14.2 Å². The summed E-state index contributed by atoms with van der Waals surface area (Å²) in [5, 5.41) is 15.3. The molecule has 4 heterocycles. The molecule has 0 saturated carbocycles. The van der Waals surface area contributed by atoms with Crippen molar-refractivity contribution < 1.29 is 24.1 Å². The van der Waals surface area contributed by atoms with E-state index in [1.165, 1.54) is 11.1 Å². The van der Waals surface area contributed by atoms with Gasteiger partial charge in [-0.15, -0.1) is 0 Å². The number of fused-ring (bicyclic) bond motifs is 1. The Balaban J connectivity index is 1.44. The Labute approximate surface area is 235 Å². The van der Waals surface area contributed by atoms with Gasteiger partial charge in [0.2, 0.25) is 0 Å². The standard InChI is InChI=1S/C29H40N6O5/c1-18-11-21-15-30-35(26-14-25(31-27(32-26)38-6)33-9-10-39-22(16-33)17-36)24(21)13-23(18)20-7-8-34(19(2)12-20)28(37)40-29(3,4)5/h11,13-15,19-20,22,36H,7-10,12,16-17H2,1-6H3/t19?,20?,22-/m0/s1. The predicted molar refractivity (Wildman–Crippen MR) is 151 cm³/mol. The third-order valence-corrected chi connectivity index (χ3v) is 7.64. The zero-order chi connectivity index (χ0) is 28.6. The Morgan fingerprint density at radius 1 is 1.18 bits per heavy atom. The van der Waals surface area contributed by atoms with Gasteiger partial charge in [0, 0.05) is 37.1 Å². The molecule has 2 aromatic heterocycles. The van der Waals surface area contributed by atoms with E-state index in [0.717, 1.165) is 23.7 Å². The van der Waals surface area contributed by atoms with Crippen LogP contribution in [-0.2, 0) is 9.47 Å². The van der Waals surface area contributed by atoms with Gasteiger partial charge in [-0.25, -0.2) is 9.48 Å². The molecule has 1 N–H and O–H groups in total. The average Bonchev–Trinajstić information content (AvgIpc) is 3.33. The minimum Gasteiger partial charge on any atom is -0.467 e. The number of nitrogens with zero attached hydrogens (tertiary/aromatic N) is 6. The van der Waals surface area contributed by atoms with E-state index in [9.17, 15) is 9.90 Å². The molecule has 5 rings (SSSR count). The number of likely N-dealkylation sites (tertiary alicyclic amines) is 1. The number of aryl methyl sites for hydroxylation is 1. The third-order valence-electron chi connectivity index (χ3n) is 7.64. The highest BCUT2D eigenvalue weighted by molar-refractivity contribution is 5.82. The first kappa shape index (κ1) is 28.1. The van der Waals surface area contributed by atoms with Crippen LogP contribution in [0.2, 0.25) is 0 Å². The molecular weight excluding hydrogens is 512 g/mol. The van der Waals surface area contributed by atoms with Crippen molar-refractivity contribution in [3.05, 3.63) is 35.5 Å². The lowest BCUT2D eigenvalue weighted by molar-refractivity contribution is 0.00333. The molecule has 11 nitrogen and oxygen atoms in total. The van der Waals surface area contributed by atoms with Crippen molar-refractivity contribution in [2.45, 2.75) is 71.1 Å². The highest BCUT2D eigenvalue weighted by Crippen LogP contribution is 2.36. The first-order valence-corrected chi connectivity index (χ1v) is 13.9. The van der Waals surface area contributed by atoms with Gasteiger partial charge in [-0.3, -0.25) is 0 Å². The fraction of sp³-hybridized carbons (Fsp3) is 0.586. The molecule has 3 aromatic rings. The number of benzene rings is 1. The van der Waals surface area contributed by atoms with Crippen LogP contribution < -0.4 is 9.64 Å². The number of morpholine rings is 1. The van der Waals surface area contributed by atoms with Gasteiger partial charge in [0.05, 0.1) is 38.1 Å². The lowest BCUT2D eigenvalue weighted by atomic mass is 9.83. The van der Waals surface area contributed by atoms with E-state index in [2.05, 4.69) is 45.9 Å². The number of carbonyl (C=O) groups is 1. The van der Waals surface area contributed by atoms with Gasteiger partial charge in [-0.2, -0.15) is 15.1 Å². The molecule has 40 heavy (non-hydrogen) atoms. The van der Waals surface area contributed by atoms with E-state index in [1.807, 2.05) is 42.6 Å². The molecule has 216 valence electrons. The van der Waals surface area contributed by atoms with E-state index in [0.29, 0.717) is 43.8 Å². The lowest BCUT2D eigenvalue weighted by Crippen LogP contribution is -2.46. The number of hydrogen-bond acceptors (Lipinski definition) is 9. The number of aliphatic hydroxyl groups is 1. The maximum atomic E-state index is 12.8. The maximum Gasteiger partial charge on any atom is 0.410 e. The van der Waals surface area contributed by atoms with Gasteiger partial charge in [0.1, 0.15) is 11.4 Å². The smallest absolute Gasteiger partial charge is 0.410 e. The largest absolute Gasteiger partial charge is 0.467 e. The van der Waals surface area contributed by atoms with Crippen LogP contribution in [0.5, 0.6) is 6.01 Å². The number of rotatable bonds is 5. The Bertz CT molecular complexity index is 1370. The summed E-state index contributed by atoms with van der Waals surface area (Å²) in [6, 6.07) is 6.60. The highest BCUT2D eigenvalue weighted by atomic mass is 16.6. The van der Waals surface area contributed by atoms with Crippen LogP contribution in [0.15, 0.2) is 24.4 Å². The Hall–Kier alpha value is -3.44. The molecular formula is C29H40N6O5. The molecule has 3 atom stereocenters. The zero-order valence-electron chi connectivity index (χ0n) is 24.3. The first-order chi connectivity index (χ1) is 19.1. The van der Waals surface area contributed by atoms with Crippen LogP contribution in [0.1, 0.15) is 57.6 Å². The molecule has 1 aromatic carbocycles. The SMILES string of the molecule is COc1nc(N2CCO[C@H](CO)C2)cc(-n2ncc3cc(C)c(C4CCN(C(=O)OC(C)(C)C)C(C)C4)cc32)n1. The van der Waals surface area contributed by atoms with E-state index in [1.54, 1.807) is 7.11 Å². The van der Waals surface area contributed by atoms with Gasteiger partial charge < -0.3 is 29.1 Å². The summed E-state index contributed by atoms with van der Waals surface area (Å²) in [5.74, 6) is 1.61. The molecule has 2 saturated heterocycles. The number of ether oxygens (including phenoxy) is 3. The second-order valence-electron chi connectivity index (χ2n) is 11.8. The molecule has 11 heteroatoms. The van der Waals surface area contributed by atoms with Crippen molar-refractivity contribution in [2.75, 3.05) is 44.9 Å². The van der Waals surface area contributed by atoms with Gasteiger partial charge in [-0.1, -0.05) is 0 Å². The summed E-state index contributed by atoms with van der Waals surface area (Å²) >= 11 is 0. The number of anilines is 1. The molecule has 2 fully saturated rings. The number of methoxy groups -OCH3 is 1. The highest BCUT2D eigenvalue weighted by Gasteiger charge is 2.33. The van der Waals surface area contributed by atoms with Crippen LogP contribution in [0.3, 0.4) is 0 Å². The van der Waals surface area contributed by atoms with Crippen molar-refractivity contribution in [1.82, 2.24) is 24.6 Å². The third kappa shape index (κ3) is 5.85. The fourth-order valence-electron chi connectivity index (χ4n) is 5.67. The van der Waals surface area contributed by atoms with Crippen molar-refractivity contribution in [2.24, 2.45) is 0 Å². The Kier molecular flexibility index (Phi) is 7.87. The van der Waals surface area contributed by atoms with Crippen LogP contribution in [0.4, 0.5) is 10.6 Å². The second kappa shape index (κ2) is 11.2. The summed E-state index contributed by atoms with van der Waals surface area (Å²) in [5.41, 5.74) is 2.90. The van der Waals surface area contributed by atoms with Crippen molar-refractivity contribution in [1.29, 1.82) is 0 Å². The predicted octanol–water partition coefficient (Wildman–Crippen LogP) is 3.83. The van der Waals surface area contributed by atoms with Crippen LogP contribution in [-0.4, -0.2) is 93.6 Å². The molecule has 0 radical (unpaired) electrons. The van der Waals surface area contributed by atoms with Crippen molar-refractivity contribution >= 4 is 22.8 Å². The number of carbonyl (C=O) groups excluding carboxylic acids is 1. The summed E-state index contributed by atoms with van der Waals surface area (Å²) in [6.07, 6.45) is 3.05. The van der Waals surface area contributed by atoms with Gasteiger partial charge >= 0.3 is 12.1 Å².